The van der Waals surface area contributed by atoms with Gasteiger partial charge in [-0.05, 0) is 36.2 Å². The van der Waals surface area contributed by atoms with Crippen molar-refractivity contribution in [3.05, 3.63) is 65.2 Å². The van der Waals surface area contributed by atoms with E-state index in [9.17, 15) is 9.59 Å². The van der Waals surface area contributed by atoms with Gasteiger partial charge in [0.2, 0.25) is 0 Å². The lowest BCUT2D eigenvalue weighted by atomic mass is 10.1. The number of rotatable bonds is 6. The summed E-state index contributed by atoms with van der Waals surface area (Å²) in [7, 11) is 0. The molecule has 0 radical (unpaired) electrons. The molecule has 5 heteroatoms. The van der Waals surface area contributed by atoms with Gasteiger partial charge in [-0.2, -0.15) is 0 Å². The molecule has 0 saturated heterocycles. The van der Waals surface area contributed by atoms with Gasteiger partial charge in [-0.25, -0.2) is 4.79 Å². The number of nitrogens with two attached hydrogens (primary N) is 1. The highest BCUT2D eigenvalue weighted by molar-refractivity contribution is 5.98. The molecule has 21 heavy (non-hydrogen) atoms. The predicted octanol–water partition coefficient (Wildman–Crippen LogP) is 2.14. The van der Waals surface area contributed by atoms with E-state index in [1.807, 2.05) is 6.07 Å². The number of benzene rings is 2. The van der Waals surface area contributed by atoms with Crippen molar-refractivity contribution in [1.82, 2.24) is 0 Å². The highest BCUT2D eigenvalue weighted by Crippen LogP contribution is 2.14. The van der Waals surface area contributed by atoms with E-state index in [1.165, 1.54) is 0 Å². The number of hydrogen-bond donors (Lipinski definition) is 3. The number of amides is 1. The summed E-state index contributed by atoms with van der Waals surface area (Å²) in [6.07, 6.45) is 0.715. The minimum atomic E-state index is -0.935. The highest BCUT2D eigenvalue weighted by Gasteiger charge is 2.06. The number of nitrogens with one attached hydrogen (secondary N) is 1. The second-order valence-electron chi connectivity index (χ2n) is 4.59. The first kappa shape index (κ1) is 14.6. The summed E-state index contributed by atoms with van der Waals surface area (Å²) in [5.41, 5.74) is 7.75. The van der Waals surface area contributed by atoms with Gasteiger partial charge in [0.25, 0.3) is 5.91 Å². The number of aromatic carboxylic acids is 1. The fraction of sp³-hybridized carbons (Fsp3) is 0.125. The van der Waals surface area contributed by atoms with E-state index in [2.05, 4.69) is 5.32 Å². The van der Waals surface area contributed by atoms with Gasteiger partial charge in [0.15, 0.2) is 0 Å². The third-order valence-electron chi connectivity index (χ3n) is 3.12. The predicted molar refractivity (Wildman–Crippen MR) is 80.6 cm³/mol. The van der Waals surface area contributed by atoms with Crippen molar-refractivity contribution < 1.29 is 14.7 Å². The summed E-state index contributed by atoms with van der Waals surface area (Å²) in [5.74, 6) is -1.40. The Hall–Kier alpha value is -2.82. The minimum Gasteiger partial charge on any atom is -0.478 e. The van der Waals surface area contributed by atoms with E-state index in [0.717, 1.165) is 5.56 Å². The lowest BCUT2D eigenvalue weighted by molar-refractivity contribution is 0.0696. The summed E-state index contributed by atoms with van der Waals surface area (Å²) in [6.45, 7) is 0.622. The Morgan fingerprint density at radius 1 is 1.05 bits per heavy atom. The van der Waals surface area contributed by atoms with Gasteiger partial charge in [-0.3, -0.25) is 4.79 Å². The van der Waals surface area contributed by atoms with Crippen LogP contribution in [0.5, 0.6) is 0 Å². The Bertz CT molecular complexity index is 651. The Balaban J connectivity index is 1.95. The summed E-state index contributed by atoms with van der Waals surface area (Å²) in [5, 5.41) is 12.0. The van der Waals surface area contributed by atoms with Gasteiger partial charge in [-0.1, -0.05) is 24.3 Å². The van der Waals surface area contributed by atoms with Crippen LogP contribution >= 0.6 is 0 Å². The minimum absolute atomic E-state index is 0.269. The molecule has 0 spiro atoms. The number of carbonyl (C=O) groups excluding carboxylic acids is 1. The molecular formula is C16H16N2O3. The summed E-state index contributed by atoms with van der Waals surface area (Å²) >= 11 is 0. The van der Waals surface area contributed by atoms with Crippen LogP contribution in [0.4, 0.5) is 5.69 Å². The monoisotopic (exact) mass is 284 g/mol. The Morgan fingerprint density at radius 3 is 2.33 bits per heavy atom. The van der Waals surface area contributed by atoms with Gasteiger partial charge in [0.05, 0.1) is 11.1 Å². The van der Waals surface area contributed by atoms with Crippen LogP contribution < -0.4 is 11.1 Å². The molecule has 0 atom stereocenters. The average molecular weight is 284 g/mol. The fourth-order valence-corrected chi connectivity index (χ4v) is 2.01. The molecule has 1 amide bonds. The van der Waals surface area contributed by atoms with Gasteiger partial charge in [-0.15, -0.1) is 0 Å². The molecule has 0 aromatic heterocycles. The second kappa shape index (κ2) is 6.56. The van der Waals surface area contributed by atoms with Crippen LogP contribution in [0.1, 0.15) is 26.3 Å². The molecule has 0 fully saturated rings. The Morgan fingerprint density at radius 2 is 1.71 bits per heavy atom. The summed E-state index contributed by atoms with van der Waals surface area (Å²) in [6, 6.07) is 13.8. The van der Waals surface area contributed by atoms with Gasteiger partial charge in [0, 0.05) is 12.2 Å². The number of para-hydroxylation sites is 1. The van der Waals surface area contributed by atoms with Crippen LogP contribution in [0.25, 0.3) is 0 Å². The lowest BCUT2D eigenvalue weighted by Gasteiger charge is -2.10. The van der Waals surface area contributed by atoms with Crippen LogP contribution in [0.2, 0.25) is 0 Å². The number of carboxylic acid groups (broad SMARTS) is 1. The van der Waals surface area contributed by atoms with E-state index >= 15 is 0 Å². The number of anilines is 1. The van der Waals surface area contributed by atoms with Gasteiger partial charge >= 0.3 is 5.97 Å². The van der Waals surface area contributed by atoms with Crippen LogP contribution in [-0.4, -0.2) is 23.5 Å². The number of primary amides is 1. The molecule has 4 N–H and O–H groups in total. The lowest BCUT2D eigenvalue weighted by Crippen LogP contribution is -2.15. The maximum absolute atomic E-state index is 11.3. The maximum Gasteiger partial charge on any atom is 0.335 e. The van der Waals surface area contributed by atoms with Crippen molar-refractivity contribution >= 4 is 17.6 Å². The van der Waals surface area contributed by atoms with Crippen molar-refractivity contribution in [2.24, 2.45) is 5.73 Å². The SMILES string of the molecule is NC(=O)c1ccccc1NCCc1ccc(C(=O)O)cc1. The molecule has 0 aliphatic rings. The molecule has 0 saturated carbocycles. The average Bonchev–Trinajstić information content (AvgIpc) is 2.48. The van der Waals surface area contributed by atoms with Crippen LogP contribution in [0, 0.1) is 0 Å². The molecule has 0 aliphatic heterocycles. The topological polar surface area (TPSA) is 92.4 Å². The number of carbonyl (C=O) groups is 2. The van der Waals surface area contributed by atoms with Crippen LogP contribution in [0.15, 0.2) is 48.5 Å². The van der Waals surface area contributed by atoms with Crippen molar-refractivity contribution in [3.63, 3.8) is 0 Å². The Labute approximate surface area is 122 Å². The first-order chi connectivity index (χ1) is 10.1. The molecule has 0 aliphatic carbocycles. The first-order valence-corrected chi connectivity index (χ1v) is 6.53. The van der Waals surface area contributed by atoms with Gasteiger partial charge in [0.1, 0.15) is 0 Å². The molecule has 2 rings (SSSR count). The molecule has 0 unspecified atom stereocenters. The Kier molecular flexibility index (Phi) is 4.56. The summed E-state index contributed by atoms with van der Waals surface area (Å²) in [4.78, 5) is 22.0. The molecule has 5 nitrogen and oxygen atoms in total. The van der Waals surface area contributed by atoms with E-state index in [1.54, 1.807) is 42.5 Å². The quantitative estimate of drug-likeness (QED) is 0.757. The van der Waals surface area contributed by atoms with Crippen molar-refractivity contribution in [3.8, 4) is 0 Å². The third-order valence-corrected chi connectivity index (χ3v) is 3.12. The first-order valence-electron chi connectivity index (χ1n) is 6.53. The van der Waals surface area contributed by atoms with E-state index in [4.69, 9.17) is 10.8 Å². The van der Waals surface area contributed by atoms with Crippen molar-refractivity contribution in [2.75, 3.05) is 11.9 Å². The molecule has 108 valence electrons. The van der Waals surface area contributed by atoms with E-state index in [-0.39, 0.29) is 5.56 Å². The highest BCUT2D eigenvalue weighted by atomic mass is 16.4. The third kappa shape index (κ3) is 3.82. The summed E-state index contributed by atoms with van der Waals surface area (Å²) < 4.78 is 0. The smallest absolute Gasteiger partial charge is 0.335 e. The largest absolute Gasteiger partial charge is 0.478 e. The molecular weight excluding hydrogens is 268 g/mol. The second-order valence-corrected chi connectivity index (χ2v) is 4.59. The molecule has 2 aromatic rings. The molecule has 0 bridgehead atoms. The van der Waals surface area contributed by atoms with Crippen LogP contribution in [-0.2, 0) is 6.42 Å². The number of carboxylic acids is 1. The van der Waals surface area contributed by atoms with Crippen molar-refractivity contribution in [1.29, 1.82) is 0 Å². The van der Waals surface area contributed by atoms with Gasteiger partial charge < -0.3 is 16.2 Å². The zero-order valence-corrected chi connectivity index (χ0v) is 11.4. The number of hydrogen-bond acceptors (Lipinski definition) is 3. The van der Waals surface area contributed by atoms with E-state index < -0.39 is 11.9 Å². The zero-order valence-electron chi connectivity index (χ0n) is 11.4. The fourth-order valence-electron chi connectivity index (χ4n) is 2.01. The van der Waals surface area contributed by atoms with E-state index in [0.29, 0.717) is 24.2 Å². The van der Waals surface area contributed by atoms with Crippen LogP contribution in [0.3, 0.4) is 0 Å². The standard InChI is InChI=1S/C16H16N2O3/c17-15(19)13-3-1-2-4-14(13)18-10-9-11-5-7-12(8-6-11)16(20)21/h1-8,18H,9-10H2,(H2,17,19)(H,20,21). The van der Waals surface area contributed by atoms with Crippen molar-refractivity contribution in [2.45, 2.75) is 6.42 Å². The normalized spacial score (nSPS) is 10.1. The molecule has 2 aromatic carbocycles. The maximum atomic E-state index is 11.3. The zero-order chi connectivity index (χ0) is 15.2. The molecule has 0 heterocycles.